The van der Waals surface area contributed by atoms with Gasteiger partial charge in [-0.1, -0.05) is 96.6 Å². The van der Waals surface area contributed by atoms with Gasteiger partial charge in [-0.25, -0.2) is 0 Å². The molecule has 4 aromatic carbocycles. The van der Waals surface area contributed by atoms with Crippen molar-refractivity contribution in [2.45, 2.75) is 20.3 Å². The van der Waals surface area contributed by atoms with Gasteiger partial charge in [0.2, 0.25) is 0 Å². The fourth-order valence-electron chi connectivity index (χ4n) is 3.60. The fraction of sp³-hybridized carbons (Fsp3) is 0.111. The maximum atomic E-state index is 2.35. The number of hydrogen-bond donors (Lipinski definition) is 0. The first-order valence-corrected chi connectivity index (χ1v) is 9.50. The van der Waals surface area contributed by atoms with Gasteiger partial charge in [-0.05, 0) is 65.3 Å². The summed E-state index contributed by atoms with van der Waals surface area (Å²) in [6.07, 6.45) is 0.943. The zero-order chi connectivity index (χ0) is 18.6. The average Bonchev–Trinajstić information content (AvgIpc) is 2.70. The number of hydrogen-bond acceptors (Lipinski definition) is 0. The molecule has 0 heterocycles. The second-order valence-electron chi connectivity index (χ2n) is 7.22. The first kappa shape index (κ1) is 17.3. The molecule has 132 valence electrons. The Bertz CT molecular complexity index is 1040. The molecule has 0 fully saturated rings. The highest BCUT2D eigenvalue weighted by molar-refractivity contribution is 5.77. The van der Waals surface area contributed by atoms with Gasteiger partial charge in [0.1, 0.15) is 0 Å². The van der Waals surface area contributed by atoms with Crippen LogP contribution in [-0.4, -0.2) is 0 Å². The Morgan fingerprint density at radius 3 is 1.96 bits per heavy atom. The van der Waals surface area contributed by atoms with E-state index in [9.17, 15) is 0 Å². The van der Waals surface area contributed by atoms with Gasteiger partial charge in [0.05, 0.1) is 0 Å². The normalized spacial score (nSPS) is 10.7. The predicted molar refractivity (Wildman–Crippen MR) is 116 cm³/mol. The highest BCUT2D eigenvalue weighted by Gasteiger charge is 2.10. The van der Waals surface area contributed by atoms with Crippen molar-refractivity contribution >= 4 is 0 Å². The molecule has 0 aromatic heterocycles. The summed E-state index contributed by atoms with van der Waals surface area (Å²) in [6, 6.07) is 35.1. The van der Waals surface area contributed by atoms with Gasteiger partial charge in [0.15, 0.2) is 0 Å². The summed E-state index contributed by atoms with van der Waals surface area (Å²) >= 11 is 0. The Hall–Kier alpha value is -3.12. The molecule has 0 radical (unpaired) electrons. The van der Waals surface area contributed by atoms with Crippen LogP contribution >= 0.6 is 0 Å². The van der Waals surface area contributed by atoms with E-state index >= 15 is 0 Å². The van der Waals surface area contributed by atoms with Crippen molar-refractivity contribution < 1.29 is 0 Å². The minimum Gasteiger partial charge on any atom is -0.0622 e. The van der Waals surface area contributed by atoms with Crippen LogP contribution in [0.3, 0.4) is 0 Å². The molecule has 0 bridgehead atoms. The summed E-state index contributed by atoms with van der Waals surface area (Å²) in [7, 11) is 0. The van der Waals surface area contributed by atoms with Gasteiger partial charge >= 0.3 is 0 Å². The molecule has 27 heavy (non-hydrogen) atoms. The number of rotatable bonds is 4. The molecule has 0 heteroatoms. The maximum absolute atomic E-state index is 2.35. The highest BCUT2D eigenvalue weighted by Crippen LogP contribution is 2.33. The minimum atomic E-state index is 0.943. The lowest BCUT2D eigenvalue weighted by Gasteiger charge is -2.15. The Kier molecular flexibility index (Phi) is 4.89. The molecule has 4 aromatic rings. The van der Waals surface area contributed by atoms with Gasteiger partial charge in [0, 0.05) is 0 Å². The lowest BCUT2D eigenvalue weighted by Crippen LogP contribution is -1.95. The lowest BCUT2D eigenvalue weighted by molar-refractivity contribution is 1.19. The van der Waals surface area contributed by atoms with E-state index in [2.05, 4.69) is 111 Å². The quantitative estimate of drug-likeness (QED) is 0.365. The summed E-state index contributed by atoms with van der Waals surface area (Å²) in [5, 5.41) is 0. The molecule has 0 aliphatic heterocycles. The molecule has 0 nitrogen and oxygen atoms in total. The Balaban J connectivity index is 1.83. The molecule has 0 saturated carbocycles. The highest BCUT2D eigenvalue weighted by atomic mass is 14.1. The van der Waals surface area contributed by atoms with E-state index in [1.165, 1.54) is 44.5 Å². The van der Waals surface area contributed by atoms with E-state index in [-0.39, 0.29) is 0 Å². The van der Waals surface area contributed by atoms with Crippen LogP contribution in [0, 0.1) is 13.8 Å². The topological polar surface area (TPSA) is 0 Å². The van der Waals surface area contributed by atoms with Crippen LogP contribution in [-0.2, 0) is 6.42 Å². The van der Waals surface area contributed by atoms with E-state index in [0.717, 1.165) is 6.42 Å². The summed E-state index contributed by atoms with van der Waals surface area (Å²) in [5.41, 5.74) is 10.5. The second-order valence-corrected chi connectivity index (χ2v) is 7.22. The summed E-state index contributed by atoms with van der Waals surface area (Å²) in [6.45, 7) is 4.33. The molecule has 4 rings (SSSR count). The van der Waals surface area contributed by atoms with Crippen LogP contribution < -0.4 is 0 Å². The van der Waals surface area contributed by atoms with E-state index in [1.54, 1.807) is 0 Å². The Labute approximate surface area is 162 Å². The van der Waals surface area contributed by atoms with Gasteiger partial charge in [-0.15, -0.1) is 0 Å². The molecule has 0 spiro atoms. The third-order valence-corrected chi connectivity index (χ3v) is 5.17. The molecule has 0 amide bonds. The van der Waals surface area contributed by atoms with Crippen molar-refractivity contribution in [1.82, 2.24) is 0 Å². The van der Waals surface area contributed by atoms with Crippen LogP contribution in [0.5, 0.6) is 0 Å². The molecular weight excluding hydrogens is 324 g/mol. The molecule has 0 N–H and O–H groups in total. The average molecular weight is 348 g/mol. The molecular formula is C27H24. The maximum Gasteiger partial charge on any atom is -0.00196 e. The molecule has 0 aliphatic rings. The van der Waals surface area contributed by atoms with Crippen molar-refractivity contribution in [3.8, 4) is 22.3 Å². The standard InChI is InChI=1S/C27H24/c1-20-12-14-23(15-13-20)24-16-17-25(18-22-9-4-3-5-10-22)27(19-24)26-11-7-6-8-21(26)2/h3-17,19H,18H2,1-2H3. The fourth-order valence-corrected chi connectivity index (χ4v) is 3.60. The number of aryl methyl sites for hydroxylation is 2. The lowest BCUT2D eigenvalue weighted by atomic mass is 9.89. The summed E-state index contributed by atoms with van der Waals surface area (Å²) < 4.78 is 0. The molecule has 0 unspecified atom stereocenters. The van der Waals surface area contributed by atoms with Crippen molar-refractivity contribution in [3.63, 3.8) is 0 Å². The van der Waals surface area contributed by atoms with Gasteiger partial charge in [0.25, 0.3) is 0 Å². The third-order valence-electron chi connectivity index (χ3n) is 5.17. The largest absolute Gasteiger partial charge is 0.0622 e. The van der Waals surface area contributed by atoms with E-state index in [1.807, 2.05) is 0 Å². The van der Waals surface area contributed by atoms with Crippen LogP contribution in [0.4, 0.5) is 0 Å². The Morgan fingerprint density at radius 1 is 0.556 bits per heavy atom. The van der Waals surface area contributed by atoms with Gasteiger partial charge in [-0.2, -0.15) is 0 Å². The smallest absolute Gasteiger partial charge is 0.00196 e. The summed E-state index contributed by atoms with van der Waals surface area (Å²) in [4.78, 5) is 0. The molecule has 0 atom stereocenters. The SMILES string of the molecule is Cc1ccc(-c2ccc(Cc3ccccc3)c(-c3ccccc3C)c2)cc1. The number of benzene rings is 4. The van der Waals surface area contributed by atoms with E-state index < -0.39 is 0 Å². The third kappa shape index (κ3) is 3.85. The first-order chi connectivity index (χ1) is 13.2. The monoisotopic (exact) mass is 348 g/mol. The zero-order valence-electron chi connectivity index (χ0n) is 15.9. The van der Waals surface area contributed by atoms with Crippen molar-refractivity contribution in [3.05, 3.63) is 119 Å². The predicted octanol–water partition coefficient (Wildman–Crippen LogP) is 7.23. The summed E-state index contributed by atoms with van der Waals surface area (Å²) in [5.74, 6) is 0. The van der Waals surface area contributed by atoms with Crippen LogP contribution in [0.15, 0.2) is 97.1 Å². The zero-order valence-corrected chi connectivity index (χ0v) is 15.9. The second kappa shape index (κ2) is 7.63. The first-order valence-electron chi connectivity index (χ1n) is 9.50. The van der Waals surface area contributed by atoms with Crippen molar-refractivity contribution in [2.75, 3.05) is 0 Å². The molecule has 0 aliphatic carbocycles. The van der Waals surface area contributed by atoms with E-state index in [0.29, 0.717) is 0 Å². The van der Waals surface area contributed by atoms with Crippen molar-refractivity contribution in [1.29, 1.82) is 0 Å². The van der Waals surface area contributed by atoms with Crippen LogP contribution in [0.2, 0.25) is 0 Å². The van der Waals surface area contributed by atoms with E-state index in [4.69, 9.17) is 0 Å². The Morgan fingerprint density at radius 2 is 1.22 bits per heavy atom. The van der Waals surface area contributed by atoms with Crippen molar-refractivity contribution in [2.24, 2.45) is 0 Å². The minimum absolute atomic E-state index is 0.943. The molecule has 0 saturated heterocycles. The van der Waals surface area contributed by atoms with Gasteiger partial charge in [-0.3, -0.25) is 0 Å². The van der Waals surface area contributed by atoms with Crippen LogP contribution in [0.1, 0.15) is 22.3 Å². The van der Waals surface area contributed by atoms with Gasteiger partial charge < -0.3 is 0 Å². The van der Waals surface area contributed by atoms with Crippen LogP contribution in [0.25, 0.3) is 22.3 Å².